The quantitative estimate of drug-likeness (QED) is 0.619. The summed E-state index contributed by atoms with van der Waals surface area (Å²) in [5.41, 5.74) is 2.61. The predicted molar refractivity (Wildman–Crippen MR) is 104 cm³/mol. The molecule has 1 saturated heterocycles. The van der Waals surface area contributed by atoms with E-state index in [4.69, 9.17) is 0 Å². The lowest BCUT2D eigenvalue weighted by Crippen LogP contribution is -2.44. The molecule has 1 aliphatic heterocycles. The van der Waals surface area contributed by atoms with E-state index in [1.807, 2.05) is 44.2 Å². The van der Waals surface area contributed by atoms with Gasteiger partial charge in [-0.3, -0.25) is 24.1 Å². The molecule has 3 rings (SSSR count). The molecule has 2 atom stereocenters. The van der Waals surface area contributed by atoms with Crippen LogP contribution >= 0.6 is 0 Å². The molecule has 4 amide bonds. The van der Waals surface area contributed by atoms with E-state index >= 15 is 0 Å². The highest BCUT2D eigenvalue weighted by atomic mass is 16.2. The lowest BCUT2D eigenvalue weighted by molar-refractivity contribution is -0.146. The van der Waals surface area contributed by atoms with Crippen LogP contribution in [0.5, 0.6) is 0 Å². The van der Waals surface area contributed by atoms with Gasteiger partial charge in [0.1, 0.15) is 6.54 Å². The maximum Gasteiger partial charge on any atom is 0.243 e. The molecule has 0 radical (unpaired) electrons. The summed E-state index contributed by atoms with van der Waals surface area (Å²) in [6.07, 6.45) is 4.88. The van der Waals surface area contributed by atoms with Crippen molar-refractivity contribution >= 4 is 29.3 Å². The van der Waals surface area contributed by atoms with Gasteiger partial charge in [0.05, 0.1) is 18.4 Å². The van der Waals surface area contributed by atoms with E-state index in [-0.39, 0.29) is 42.6 Å². The minimum absolute atomic E-state index is 0.156. The van der Waals surface area contributed by atoms with Crippen LogP contribution in [0.4, 0.5) is 5.69 Å². The third-order valence-electron chi connectivity index (χ3n) is 5.44. The Labute approximate surface area is 164 Å². The number of para-hydroxylation sites is 1. The second kappa shape index (κ2) is 7.96. The third-order valence-corrected chi connectivity index (χ3v) is 5.44. The number of nitrogens with one attached hydrogen (secondary N) is 1. The molecular weight excluding hydrogens is 358 g/mol. The molecule has 7 heteroatoms. The van der Waals surface area contributed by atoms with Crippen LogP contribution in [-0.4, -0.2) is 53.6 Å². The molecule has 28 heavy (non-hydrogen) atoms. The second-order valence-electron chi connectivity index (χ2n) is 7.48. The van der Waals surface area contributed by atoms with Crippen LogP contribution in [0.3, 0.4) is 0 Å². The summed E-state index contributed by atoms with van der Waals surface area (Å²) in [7, 11) is 1.49. The van der Waals surface area contributed by atoms with E-state index in [2.05, 4.69) is 5.32 Å². The van der Waals surface area contributed by atoms with Gasteiger partial charge < -0.3 is 10.2 Å². The fourth-order valence-corrected chi connectivity index (χ4v) is 3.77. The maximum absolute atomic E-state index is 12.5. The zero-order chi connectivity index (χ0) is 20.4. The number of aryl methyl sites for hydroxylation is 2. The van der Waals surface area contributed by atoms with Crippen LogP contribution in [0.2, 0.25) is 0 Å². The van der Waals surface area contributed by atoms with Crippen molar-refractivity contribution < 1.29 is 19.2 Å². The van der Waals surface area contributed by atoms with Crippen molar-refractivity contribution in [1.82, 2.24) is 9.80 Å². The van der Waals surface area contributed by atoms with Gasteiger partial charge >= 0.3 is 0 Å². The van der Waals surface area contributed by atoms with Gasteiger partial charge in [-0.25, -0.2) is 0 Å². The van der Waals surface area contributed by atoms with E-state index < -0.39 is 5.91 Å². The molecule has 7 nitrogen and oxygen atoms in total. The van der Waals surface area contributed by atoms with Crippen LogP contribution < -0.4 is 5.32 Å². The zero-order valence-electron chi connectivity index (χ0n) is 16.4. The number of carbonyl (C=O) groups is 4. The Kier molecular flexibility index (Phi) is 5.63. The molecule has 0 spiro atoms. The zero-order valence-corrected chi connectivity index (χ0v) is 16.4. The van der Waals surface area contributed by atoms with Crippen LogP contribution in [-0.2, 0) is 19.2 Å². The number of likely N-dealkylation sites (tertiary alicyclic amines) is 1. The number of amides is 4. The lowest BCUT2D eigenvalue weighted by atomic mass is 9.85. The van der Waals surface area contributed by atoms with Gasteiger partial charge in [0.2, 0.25) is 23.6 Å². The van der Waals surface area contributed by atoms with Gasteiger partial charge in [-0.05, 0) is 37.8 Å². The average molecular weight is 383 g/mol. The highest BCUT2D eigenvalue weighted by molar-refractivity contribution is 6.07. The normalized spacial score (nSPS) is 20.9. The molecule has 0 aromatic heterocycles. The number of hydrogen-bond acceptors (Lipinski definition) is 4. The number of benzene rings is 1. The van der Waals surface area contributed by atoms with Crippen molar-refractivity contribution in [2.45, 2.75) is 26.7 Å². The molecule has 0 unspecified atom stereocenters. The highest BCUT2D eigenvalue weighted by Gasteiger charge is 2.47. The van der Waals surface area contributed by atoms with E-state index in [0.29, 0.717) is 12.8 Å². The molecule has 0 saturated carbocycles. The maximum atomic E-state index is 12.5. The Morgan fingerprint density at radius 3 is 2.14 bits per heavy atom. The molecule has 2 aliphatic rings. The Hall–Kier alpha value is -2.96. The molecule has 0 bridgehead atoms. The first-order valence-electron chi connectivity index (χ1n) is 9.40. The molecule has 1 aromatic rings. The summed E-state index contributed by atoms with van der Waals surface area (Å²) in [4.78, 5) is 52.1. The standard InChI is InChI=1S/C21H25N3O4/c1-13-7-6-8-14(2)19(13)22-17(25)11-23(3)18(26)12-24-20(27)15-9-4-5-10-16(15)21(24)28/h4-8,15-16H,9-12H2,1-3H3,(H,22,25)/t15-,16-/m0/s1. The minimum Gasteiger partial charge on any atom is -0.335 e. The van der Waals surface area contributed by atoms with Crippen molar-refractivity contribution in [1.29, 1.82) is 0 Å². The van der Waals surface area contributed by atoms with Gasteiger partial charge in [0, 0.05) is 12.7 Å². The average Bonchev–Trinajstić information content (AvgIpc) is 2.90. The fourth-order valence-electron chi connectivity index (χ4n) is 3.77. The smallest absolute Gasteiger partial charge is 0.243 e. The Morgan fingerprint density at radius 2 is 1.61 bits per heavy atom. The van der Waals surface area contributed by atoms with Gasteiger partial charge in [0.15, 0.2) is 0 Å². The lowest BCUT2D eigenvalue weighted by Gasteiger charge is -2.21. The summed E-state index contributed by atoms with van der Waals surface area (Å²) in [6, 6.07) is 5.71. The molecule has 1 aliphatic carbocycles. The topological polar surface area (TPSA) is 86.8 Å². The first-order chi connectivity index (χ1) is 13.3. The van der Waals surface area contributed by atoms with Crippen molar-refractivity contribution in [2.75, 3.05) is 25.5 Å². The molecule has 1 N–H and O–H groups in total. The summed E-state index contributed by atoms with van der Waals surface area (Å²) < 4.78 is 0. The van der Waals surface area contributed by atoms with Gasteiger partial charge in [0.25, 0.3) is 0 Å². The predicted octanol–water partition coefficient (Wildman–Crippen LogP) is 1.65. The number of allylic oxidation sites excluding steroid dienone is 2. The van der Waals surface area contributed by atoms with Crippen molar-refractivity contribution in [3.8, 4) is 0 Å². The number of hydrogen-bond donors (Lipinski definition) is 1. The number of anilines is 1. The molecule has 1 heterocycles. The minimum atomic E-state index is -0.440. The third kappa shape index (κ3) is 3.83. The largest absolute Gasteiger partial charge is 0.335 e. The first kappa shape index (κ1) is 19.8. The van der Waals surface area contributed by atoms with E-state index in [9.17, 15) is 19.2 Å². The van der Waals surface area contributed by atoms with Crippen LogP contribution in [0, 0.1) is 25.7 Å². The van der Waals surface area contributed by atoms with Crippen molar-refractivity contribution in [3.05, 3.63) is 41.5 Å². The van der Waals surface area contributed by atoms with Gasteiger partial charge in [-0.1, -0.05) is 30.4 Å². The van der Waals surface area contributed by atoms with Crippen molar-refractivity contribution in [3.63, 3.8) is 0 Å². The monoisotopic (exact) mass is 383 g/mol. The first-order valence-corrected chi connectivity index (χ1v) is 9.40. The SMILES string of the molecule is Cc1cccc(C)c1NC(=O)CN(C)C(=O)CN1C(=O)[C@H]2CC=CC[C@@H]2C1=O. The molecule has 1 fully saturated rings. The number of fused-ring (bicyclic) bond motifs is 1. The Bertz CT molecular complexity index is 815. The summed E-state index contributed by atoms with van der Waals surface area (Å²) in [5, 5.41) is 2.83. The Morgan fingerprint density at radius 1 is 1.07 bits per heavy atom. The summed E-state index contributed by atoms with van der Waals surface area (Å²) in [6.45, 7) is 3.32. The van der Waals surface area contributed by atoms with E-state index in [0.717, 1.165) is 21.7 Å². The van der Waals surface area contributed by atoms with E-state index in [1.54, 1.807) is 0 Å². The summed E-state index contributed by atoms with van der Waals surface area (Å²) >= 11 is 0. The van der Waals surface area contributed by atoms with E-state index in [1.165, 1.54) is 11.9 Å². The molecule has 148 valence electrons. The molecular formula is C21H25N3O4. The van der Waals surface area contributed by atoms with Gasteiger partial charge in [-0.15, -0.1) is 0 Å². The van der Waals surface area contributed by atoms with Gasteiger partial charge in [-0.2, -0.15) is 0 Å². The van der Waals surface area contributed by atoms with Crippen LogP contribution in [0.1, 0.15) is 24.0 Å². The second-order valence-corrected chi connectivity index (χ2v) is 7.48. The summed E-state index contributed by atoms with van der Waals surface area (Å²) in [5.74, 6) is -2.07. The number of rotatable bonds is 5. The fraction of sp³-hybridized carbons (Fsp3) is 0.429. The number of imide groups is 1. The van der Waals surface area contributed by atoms with Crippen molar-refractivity contribution in [2.24, 2.45) is 11.8 Å². The number of nitrogens with zero attached hydrogens (tertiary/aromatic N) is 2. The van der Waals surface area contributed by atoms with Crippen LogP contribution in [0.15, 0.2) is 30.4 Å². The Balaban J connectivity index is 1.58. The molecule has 1 aromatic carbocycles. The highest BCUT2D eigenvalue weighted by Crippen LogP contribution is 2.34. The number of carbonyl (C=O) groups excluding carboxylic acids is 4. The van der Waals surface area contributed by atoms with Crippen LogP contribution in [0.25, 0.3) is 0 Å². The number of likely N-dealkylation sites (N-methyl/N-ethyl adjacent to an activating group) is 1.